The Bertz CT molecular complexity index is 1130. The Morgan fingerprint density at radius 3 is 2.69 bits per heavy atom. The summed E-state index contributed by atoms with van der Waals surface area (Å²) >= 11 is 0. The number of carbonyl (C=O) groups is 2. The lowest BCUT2D eigenvalue weighted by Gasteiger charge is -2.45. The van der Waals surface area contributed by atoms with Crippen LogP contribution in [-0.4, -0.2) is 63.1 Å². The first kappa shape index (κ1) is 20.4. The smallest absolute Gasteiger partial charge is 0.246 e. The summed E-state index contributed by atoms with van der Waals surface area (Å²) in [6.45, 7) is 2.27. The second kappa shape index (κ2) is 8.55. The molecule has 164 valence electrons. The zero-order valence-electron chi connectivity index (χ0n) is 17.5. The van der Waals surface area contributed by atoms with Crippen molar-refractivity contribution in [3.05, 3.63) is 83.9 Å². The standard InChI is InChI=1S/C24H24FN5O2/c25-19-7-4-8-20(12-19)30-15-18(13-26-30)14-28-9-10-29-22(16-28)23(31)27-21(24(29)32)11-17-5-2-1-3-6-17/h1-8,12-13,15,21-22H,9-11,14,16H2,(H,27,31)/t21-,22+/m0/s1. The van der Waals surface area contributed by atoms with Gasteiger partial charge < -0.3 is 10.2 Å². The van der Waals surface area contributed by atoms with Gasteiger partial charge in [0.25, 0.3) is 0 Å². The Kier molecular flexibility index (Phi) is 5.45. The predicted molar refractivity (Wildman–Crippen MR) is 116 cm³/mol. The minimum Gasteiger partial charge on any atom is -0.342 e. The highest BCUT2D eigenvalue weighted by Gasteiger charge is 2.43. The summed E-state index contributed by atoms with van der Waals surface area (Å²) in [6, 6.07) is 15.0. The van der Waals surface area contributed by atoms with Crippen molar-refractivity contribution in [1.82, 2.24) is 24.9 Å². The molecule has 0 unspecified atom stereocenters. The van der Waals surface area contributed by atoms with Crippen LogP contribution in [0.4, 0.5) is 4.39 Å². The number of hydrogen-bond donors (Lipinski definition) is 1. The molecule has 5 rings (SSSR count). The molecule has 7 nitrogen and oxygen atoms in total. The first-order valence-corrected chi connectivity index (χ1v) is 10.7. The van der Waals surface area contributed by atoms with E-state index in [1.54, 1.807) is 27.9 Å². The van der Waals surface area contributed by atoms with Gasteiger partial charge in [0.15, 0.2) is 0 Å². The number of benzene rings is 2. The van der Waals surface area contributed by atoms with E-state index in [0.29, 0.717) is 38.3 Å². The molecule has 2 fully saturated rings. The largest absolute Gasteiger partial charge is 0.342 e. The van der Waals surface area contributed by atoms with Gasteiger partial charge >= 0.3 is 0 Å². The van der Waals surface area contributed by atoms with Crippen molar-refractivity contribution >= 4 is 11.8 Å². The van der Waals surface area contributed by atoms with Crippen LogP contribution in [0.15, 0.2) is 67.0 Å². The number of fused-ring (bicyclic) bond motifs is 1. The molecule has 8 heteroatoms. The molecule has 0 radical (unpaired) electrons. The number of nitrogens with zero attached hydrogens (tertiary/aromatic N) is 4. The predicted octanol–water partition coefficient (Wildman–Crippen LogP) is 1.77. The minimum absolute atomic E-state index is 0.0166. The number of halogens is 1. The van der Waals surface area contributed by atoms with Crippen LogP contribution in [0, 0.1) is 5.82 Å². The van der Waals surface area contributed by atoms with Crippen molar-refractivity contribution in [3.63, 3.8) is 0 Å². The topological polar surface area (TPSA) is 70.5 Å². The number of hydrogen-bond acceptors (Lipinski definition) is 4. The lowest BCUT2D eigenvalue weighted by Crippen LogP contribution is -2.69. The minimum atomic E-state index is -0.516. The summed E-state index contributed by atoms with van der Waals surface area (Å²) in [5.41, 5.74) is 2.65. The molecule has 2 aliphatic heterocycles. The van der Waals surface area contributed by atoms with E-state index in [1.165, 1.54) is 12.1 Å². The Labute approximate surface area is 185 Å². The molecule has 2 aliphatic rings. The van der Waals surface area contributed by atoms with Gasteiger partial charge in [-0.25, -0.2) is 9.07 Å². The van der Waals surface area contributed by atoms with E-state index in [4.69, 9.17) is 0 Å². The van der Waals surface area contributed by atoms with Crippen molar-refractivity contribution in [2.45, 2.75) is 25.0 Å². The summed E-state index contributed by atoms with van der Waals surface area (Å²) in [4.78, 5) is 29.7. The SMILES string of the molecule is O=C1N[C@@H](Cc2ccccc2)C(=O)N2CCN(Cc3cnn(-c4cccc(F)c4)c3)C[C@H]12. The van der Waals surface area contributed by atoms with E-state index >= 15 is 0 Å². The molecule has 0 bridgehead atoms. The van der Waals surface area contributed by atoms with E-state index in [-0.39, 0.29) is 17.6 Å². The van der Waals surface area contributed by atoms with Crippen LogP contribution >= 0.6 is 0 Å². The van der Waals surface area contributed by atoms with Crippen molar-refractivity contribution < 1.29 is 14.0 Å². The number of piperazine rings is 2. The summed E-state index contributed by atoms with van der Waals surface area (Å²) in [5, 5.41) is 7.25. The fourth-order valence-electron chi connectivity index (χ4n) is 4.45. The van der Waals surface area contributed by atoms with Gasteiger partial charge in [0, 0.05) is 44.4 Å². The molecule has 3 aromatic rings. The quantitative estimate of drug-likeness (QED) is 0.666. The van der Waals surface area contributed by atoms with Gasteiger partial charge in [-0.15, -0.1) is 0 Å². The molecular formula is C24H24FN5O2. The Morgan fingerprint density at radius 2 is 1.88 bits per heavy atom. The molecular weight excluding hydrogens is 409 g/mol. The highest BCUT2D eigenvalue weighted by Crippen LogP contribution is 2.20. The molecule has 1 aromatic heterocycles. The number of amides is 2. The molecule has 32 heavy (non-hydrogen) atoms. The van der Waals surface area contributed by atoms with E-state index in [0.717, 1.165) is 11.1 Å². The zero-order valence-corrected chi connectivity index (χ0v) is 17.5. The normalized spacial score (nSPS) is 21.3. The van der Waals surface area contributed by atoms with Gasteiger partial charge in [-0.3, -0.25) is 14.5 Å². The number of nitrogens with one attached hydrogen (secondary N) is 1. The van der Waals surface area contributed by atoms with Crippen molar-refractivity contribution in [2.24, 2.45) is 0 Å². The van der Waals surface area contributed by atoms with Gasteiger partial charge in [-0.05, 0) is 23.8 Å². The van der Waals surface area contributed by atoms with Crippen LogP contribution < -0.4 is 5.32 Å². The number of carbonyl (C=O) groups excluding carboxylic acids is 2. The second-order valence-corrected chi connectivity index (χ2v) is 8.31. The molecule has 2 amide bonds. The maximum absolute atomic E-state index is 13.5. The van der Waals surface area contributed by atoms with E-state index in [2.05, 4.69) is 15.3 Å². The fraction of sp³-hybridized carbons (Fsp3) is 0.292. The van der Waals surface area contributed by atoms with Crippen molar-refractivity contribution in [3.8, 4) is 5.69 Å². The van der Waals surface area contributed by atoms with Crippen molar-refractivity contribution in [1.29, 1.82) is 0 Å². The summed E-state index contributed by atoms with van der Waals surface area (Å²) < 4.78 is 15.1. The van der Waals surface area contributed by atoms with Crippen LogP contribution in [0.5, 0.6) is 0 Å². The van der Waals surface area contributed by atoms with Crippen LogP contribution in [0.1, 0.15) is 11.1 Å². The van der Waals surface area contributed by atoms with Crippen LogP contribution in [-0.2, 0) is 22.6 Å². The zero-order chi connectivity index (χ0) is 22.1. The number of rotatable bonds is 5. The second-order valence-electron chi connectivity index (χ2n) is 8.31. The van der Waals surface area contributed by atoms with Crippen LogP contribution in [0.3, 0.4) is 0 Å². The van der Waals surface area contributed by atoms with E-state index in [9.17, 15) is 14.0 Å². The third-order valence-electron chi connectivity index (χ3n) is 6.06. The average molecular weight is 433 g/mol. The lowest BCUT2D eigenvalue weighted by atomic mass is 9.98. The number of aromatic nitrogens is 2. The maximum atomic E-state index is 13.5. The first-order valence-electron chi connectivity index (χ1n) is 10.7. The highest BCUT2D eigenvalue weighted by atomic mass is 19.1. The molecule has 1 N–H and O–H groups in total. The summed E-state index contributed by atoms with van der Waals surface area (Å²) in [6.07, 6.45) is 4.11. The van der Waals surface area contributed by atoms with E-state index in [1.807, 2.05) is 36.5 Å². The van der Waals surface area contributed by atoms with Gasteiger partial charge in [0.05, 0.1) is 11.9 Å². The summed E-state index contributed by atoms with van der Waals surface area (Å²) in [7, 11) is 0. The van der Waals surface area contributed by atoms with Gasteiger partial charge in [0.2, 0.25) is 11.8 Å². The fourth-order valence-corrected chi connectivity index (χ4v) is 4.45. The summed E-state index contributed by atoms with van der Waals surface area (Å²) in [5.74, 6) is -0.433. The Morgan fingerprint density at radius 1 is 1.03 bits per heavy atom. The van der Waals surface area contributed by atoms with E-state index < -0.39 is 12.1 Å². The van der Waals surface area contributed by atoms with Crippen LogP contribution in [0.2, 0.25) is 0 Å². The van der Waals surface area contributed by atoms with Gasteiger partial charge in [-0.1, -0.05) is 36.4 Å². The van der Waals surface area contributed by atoms with Gasteiger partial charge in [-0.2, -0.15) is 5.10 Å². The molecule has 2 atom stereocenters. The molecule has 2 saturated heterocycles. The maximum Gasteiger partial charge on any atom is 0.246 e. The monoisotopic (exact) mass is 433 g/mol. The third-order valence-corrected chi connectivity index (χ3v) is 6.06. The molecule has 0 saturated carbocycles. The first-order chi connectivity index (χ1) is 15.6. The lowest BCUT2D eigenvalue weighted by molar-refractivity contribution is -0.153. The highest BCUT2D eigenvalue weighted by molar-refractivity contribution is 5.97. The Balaban J connectivity index is 1.23. The van der Waals surface area contributed by atoms with Crippen LogP contribution in [0.25, 0.3) is 5.69 Å². The van der Waals surface area contributed by atoms with Crippen molar-refractivity contribution in [2.75, 3.05) is 19.6 Å². The van der Waals surface area contributed by atoms with Gasteiger partial charge in [0.1, 0.15) is 17.9 Å². The molecule has 2 aromatic carbocycles. The molecule has 3 heterocycles. The molecule has 0 aliphatic carbocycles. The average Bonchev–Trinajstić information content (AvgIpc) is 3.26. The Hall–Kier alpha value is -3.52. The third kappa shape index (κ3) is 4.13. The molecule has 0 spiro atoms.